The molecular formula is C30H31N3O. The lowest BCUT2D eigenvalue weighted by molar-refractivity contribution is -0.107. The van der Waals surface area contributed by atoms with Crippen molar-refractivity contribution in [1.82, 2.24) is 4.90 Å². The molecule has 6 rings (SSSR count). The Bertz CT molecular complexity index is 1100. The van der Waals surface area contributed by atoms with E-state index in [0.29, 0.717) is 12.0 Å². The summed E-state index contributed by atoms with van der Waals surface area (Å²) in [7, 11) is 0. The number of fused-ring (bicyclic) bond motifs is 2. The quantitative estimate of drug-likeness (QED) is 0.586. The smallest absolute Gasteiger partial charge is 0.0959 e. The summed E-state index contributed by atoms with van der Waals surface area (Å²) in [4.78, 5) is 7.44. The van der Waals surface area contributed by atoms with Gasteiger partial charge in [0.05, 0.1) is 36.4 Å². The van der Waals surface area contributed by atoms with Gasteiger partial charge in [-0.25, -0.2) is 0 Å². The molecule has 7 atom stereocenters. The molecule has 1 saturated heterocycles. The lowest BCUT2D eigenvalue weighted by Crippen LogP contribution is -2.62. The number of nitrogens with zero attached hydrogens (tertiary/aromatic N) is 3. The van der Waals surface area contributed by atoms with Crippen molar-refractivity contribution in [3.63, 3.8) is 0 Å². The maximum Gasteiger partial charge on any atom is 0.0959 e. The number of aliphatic imine (C=N–C) groups is 1. The fourth-order valence-corrected chi connectivity index (χ4v) is 6.31. The van der Waals surface area contributed by atoms with E-state index in [2.05, 4.69) is 83.9 Å². The number of ether oxygens (including phenoxy) is 1. The molecule has 34 heavy (non-hydrogen) atoms. The predicted octanol–water partition coefficient (Wildman–Crippen LogP) is 5.32. The van der Waals surface area contributed by atoms with Gasteiger partial charge in [-0.15, -0.1) is 0 Å². The first-order chi connectivity index (χ1) is 16.8. The van der Waals surface area contributed by atoms with Crippen LogP contribution in [0.3, 0.4) is 0 Å². The zero-order valence-electron chi connectivity index (χ0n) is 19.4. The lowest BCUT2D eigenvalue weighted by Gasteiger charge is -2.52. The molecule has 5 unspecified atom stereocenters. The van der Waals surface area contributed by atoms with Gasteiger partial charge in [0.15, 0.2) is 0 Å². The van der Waals surface area contributed by atoms with Crippen LogP contribution in [0.4, 0.5) is 0 Å². The first-order valence-corrected chi connectivity index (χ1v) is 12.6. The van der Waals surface area contributed by atoms with Crippen molar-refractivity contribution in [2.24, 2.45) is 10.9 Å². The minimum atomic E-state index is 0.112. The third-order valence-corrected chi connectivity index (χ3v) is 7.97. The molecule has 0 spiro atoms. The van der Waals surface area contributed by atoms with Crippen LogP contribution in [-0.2, 0) is 4.74 Å². The molecule has 6 aliphatic rings. The zero-order chi connectivity index (χ0) is 22.9. The van der Waals surface area contributed by atoms with E-state index < -0.39 is 0 Å². The van der Waals surface area contributed by atoms with E-state index >= 15 is 0 Å². The van der Waals surface area contributed by atoms with Gasteiger partial charge in [-0.2, -0.15) is 5.26 Å². The summed E-state index contributed by atoms with van der Waals surface area (Å²) in [6.45, 7) is 0. The van der Waals surface area contributed by atoms with Crippen LogP contribution in [0.15, 0.2) is 101 Å². The van der Waals surface area contributed by atoms with Crippen molar-refractivity contribution >= 4 is 6.21 Å². The van der Waals surface area contributed by atoms with E-state index in [9.17, 15) is 5.26 Å². The normalized spacial score (nSPS) is 38.4. The fourth-order valence-electron chi connectivity index (χ4n) is 6.31. The van der Waals surface area contributed by atoms with Gasteiger partial charge in [0.1, 0.15) is 0 Å². The fraction of sp³-hybridized carbons (Fsp3) is 0.400. The second-order valence-corrected chi connectivity index (χ2v) is 10.00. The van der Waals surface area contributed by atoms with Gasteiger partial charge in [-0.05, 0) is 42.9 Å². The van der Waals surface area contributed by atoms with Crippen LogP contribution in [0.2, 0.25) is 0 Å². The van der Waals surface area contributed by atoms with E-state index in [0.717, 1.165) is 31.3 Å². The average Bonchev–Trinajstić information content (AvgIpc) is 2.92. The first-order valence-electron chi connectivity index (χ1n) is 12.6. The summed E-state index contributed by atoms with van der Waals surface area (Å²) in [5.74, 6) is 0.351. The summed E-state index contributed by atoms with van der Waals surface area (Å²) >= 11 is 0. The number of nitriles is 1. The van der Waals surface area contributed by atoms with Crippen LogP contribution in [0.25, 0.3) is 0 Å². The van der Waals surface area contributed by atoms with E-state index in [4.69, 9.17) is 9.73 Å². The Morgan fingerprint density at radius 2 is 1.76 bits per heavy atom. The first kappa shape index (κ1) is 21.5. The van der Waals surface area contributed by atoms with Crippen molar-refractivity contribution in [2.45, 2.75) is 68.5 Å². The second-order valence-electron chi connectivity index (χ2n) is 10.00. The molecule has 0 bridgehead atoms. The highest BCUT2D eigenvalue weighted by Gasteiger charge is 2.44. The molecule has 4 nitrogen and oxygen atoms in total. The highest BCUT2D eigenvalue weighted by Crippen LogP contribution is 2.39. The third kappa shape index (κ3) is 4.04. The van der Waals surface area contributed by atoms with Gasteiger partial charge < -0.3 is 4.74 Å². The highest BCUT2D eigenvalue weighted by molar-refractivity contribution is 5.75. The van der Waals surface area contributed by atoms with E-state index in [1.54, 1.807) is 0 Å². The lowest BCUT2D eigenvalue weighted by atomic mass is 9.80. The van der Waals surface area contributed by atoms with Crippen LogP contribution in [0.1, 0.15) is 32.1 Å². The molecule has 2 heterocycles. The molecule has 0 radical (unpaired) electrons. The summed E-state index contributed by atoms with van der Waals surface area (Å²) in [5, 5.41) is 9.33. The molecular weight excluding hydrogens is 418 g/mol. The monoisotopic (exact) mass is 449 g/mol. The molecule has 0 aromatic rings. The van der Waals surface area contributed by atoms with Crippen molar-refractivity contribution < 1.29 is 4.74 Å². The topological polar surface area (TPSA) is 48.6 Å². The van der Waals surface area contributed by atoms with Gasteiger partial charge in [0, 0.05) is 30.2 Å². The third-order valence-electron chi connectivity index (χ3n) is 7.97. The Hall–Kier alpha value is -3.00. The number of morpholine rings is 1. The summed E-state index contributed by atoms with van der Waals surface area (Å²) < 4.78 is 6.46. The molecule has 0 N–H and O–H groups in total. The maximum absolute atomic E-state index is 9.33. The van der Waals surface area contributed by atoms with E-state index in [1.807, 2.05) is 12.3 Å². The van der Waals surface area contributed by atoms with Gasteiger partial charge in [-0.1, -0.05) is 72.9 Å². The van der Waals surface area contributed by atoms with Crippen LogP contribution >= 0.6 is 0 Å². The van der Waals surface area contributed by atoms with E-state index in [1.165, 1.54) is 17.6 Å². The Labute approximate surface area is 202 Å². The maximum atomic E-state index is 9.33. The molecule has 0 aromatic carbocycles. The zero-order valence-corrected chi connectivity index (χ0v) is 19.4. The summed E-state index contributed by atoms with van der Waals surface area (Å²) in [5.41, 5.74) is 3.64. The van der Waals surface area contributed by atoms with Crippen LogP contribution in [0.5, 0.6) is 0 Å². The molecule has 1 fully saturated rings. The molecule has 0 amide bonds. The molecule has 172 valence electrons. The molecule has 4 aliphatic carbocycles. The Balaban J connectivity index is 1.23. The number of allylic oxidation sites excluding steroid dienone is 9. The molecule has 0 aromatic heterocycles. The van der Waals surface area contributed by atoms with Crippen molar-refractivity contribution in [3.05, 3.63) is 95.7 Å². The largest absolute Gasteiger partial charge is 0.363 e. The highest BCUT2D eigenvalue weighted by atomic mass is 16.5. The van der Waals surface area contributed by atoms with Crippen molar-refractivity contribution in [2.75, 3.05) is 0 Å². The van der Waals surface area contributed by atoms with E-state index in [-0.39, 0.29) is 30.3 Å². The Kier molecular flexibility index (Phi) is 5.91. The predicted molar refractivity (Wildman–Crippen MR) is 136 cm³/mol. The molecule has 4 heteroatoms. The average molecular weight is 450 g/mol. The number of hydrogen-bond acceptors (Lipinski definition) is 4. The molecule has 2 aliphatic heterocycles. The minimum absolute atomic E-state index is 0.112. The number of rotatable bonds is 3. The molecule has 0 saturated carbocycles. The van der Waals surface area contributed by atoms with Gasteiger partial charge >= 0.3 is 0 Å². The van der Waals surface area contributed by atoms with Crippen molar-refractivity contribution in [1.29, 1.82) is 5.26 Å². The van der Waals surface area contributed by atoms with Crippen LogP contribution in [-0.4, -0.2) is 47.5 Å². The van der Waals surface area contributed by atoms with Crippen LogP contribution in [0, 0.1) is 17.2 Å². The van der Waals surface area contributed by atoms with Gasteiger partial charge in [-0.3, -0.25) is 9.89 Å². The SMILES string of the molecule is N#CC1=CC=NC(C2C=C(C3=CCCC(N4C5C=CC=C[C@@H]5O[C@@H]5C=CC=CC54)C3)C=CC2)C1. The minimum Gasteiger partial charge on any atom is -0.363 e. The second kappa shape index (κ2) is 9.33. The van der Waals surface area contributed by atoms with Crippen LogP contribution < -0.4 is 0 Å². The summed E-state index contributed by atoms with van der Waals surface area (Å²) in [6.07, 6.45) is 36.1. The summed E-state index contributed by atoms with van der Waals surface area (Å²) in [6, 6.07) is 3.52. The standard InChI is InChI=1S/C30H31N3O/c31-20-21-15-16-32-26(17-21)24-9-5-7-22(18-24)23-8-6-10-25(19-23)33-27-11-1-3-13-29(27)34-30-14-4-2-12-28(30)33/h1-5,7-8,11-16,18,24-30H,6,9-10,17,19H2/t24?,25?,26?,27?,28?,29-,30+. The van der Waals surface area contributed by atoms with Crippen molar-refractivity contribution in [3.8, 4) is 6.07 Å². The van der Waals surface area contributed by atoms with Gasteiger partial charge in [0.2, 0.25) is 0 Å². The Morgan fingerprint density at radius 3 is 2.53 bits per heavy atom. The Morgan fingerprint density at radius 1 is 1.00 bits per heavy atom. The number of dihydropyridines is 1. The number of hydrogen-bond donors (Lipinski definition) is 0. The van der Waals surface area contributed by atoms with Gasteiger partial charge in [0.25, 0.3) is 0 Å².